The predicted molar refractivity (Wildman–Crippen MR) is 97.0 cm³/mol. The normalized spacial score (nSPS) is 22.5. The van der Waals surface area contributed by atoms with Crippen LogP contribution in [0.5, 0.6) is 0 Å². The number of carboxylic acids is 1. The van der Waals surface area contributed by atoms with E-state index in [4.69, 9.17) is 4.74 Å². The monoisotopic (exact) mass is 362 g/mol. The fourth-order valence-corrected chi connectivity index (χ4v) is 3.30. The van der Waals surface area contributed by atoms with E-state index in [0.717, 1.165) is 17.2 Å². The van der Waals surface area contributed by atoms with Crippen LogP contribution in [-0.2, 0) is 9.53 Å². The second-order valence-electron chi connectivity index (χ2n) is 6.59. The van der Waals surface area contributed by atoms with E-state index in [9.17, 15) is 9.90 Å². The Bertz CT molecular complexity index is 768. The Kier molecular flexibility index (Phi) is 5.94. The van der Waals surface area contributed by atoms with Crippen LogP contribution in [0.15, 0.2) is 12.1 Å². The van der Waals surface area contributed by atoms with E-state index in [0.29, 0.717) is 37.3 Å². The minimum absolute atomic E-state index is 0. The molecular weight excluding hydrogens is 336 g/mol. The largest absolute Gasteiger partial charge is 0.479 e. The van der Waals surface area contributed by atoms with Gasteiger partial charge in [0.05, 0.1) is 0 Å². The van der Waals surface area contributed by atoms with Crippen LogP contribution in [0.2, 0.25) is 0 Å². The molecule has 1 fully saturated rings. The summed E-state index contributed by atoms with van der Waals surface area (Å²) in [6, 6.07) is 3.77. The van der Waals surface area contributed by atoms with Gasteiger partial charge >= 0.3 is 5.97 Å². The molecular formula is C17H26N6O3. The van der Waals surface area contributed by atoms with E-state index in [1.807, 2.05) is 26.0 Å². The molecule has 1 saturated carbocycles. The fourth-order valence-electron chi connectivity index (χ4n) is 3.30. The SMILES string of the molecule is COC1(C(=O)O)CCC(c2nc(C)cc(Nc3cc(C)[nH]n3)n2)CC1.N. The van der Waals surface area contributed by atoms with Crippen LogP contribution in [0, 0.1) is 13.8 Å². The highest BCUT2D eigenvalue weighted by Gasteiger charge is 2.43. The zero-order chi connectivity index (χ0) is 18.0. The number of methoxy groups -OCH3 is 1. The van der Waals surface area contributed by atoms with Crippen LogP contribution in [0.1, 0.15) is 48.8 Å². The lowest BCUT2D eigenvalue weighted by molar-refractivity contribution is -0.166. The Labute approximate surface area is 152 Å². The molecule has 0 spiro atoms. The summed E-state index contributed by atoms with van der Waals surface area (Å²) in [6.07, 6.45) is 2.29. The van der Waals surface area contributed by atoms with Crippen LogP contribution >= 0.6 is 0 Å². The molecule has 1 aliphatic carbocycles. The molecule has 2 aromatic heterocycles. The maximum atomic E-state index is 11.5. The first-order valence-electron chi connectivity index (χ1n) is 8.35. The molecule has 26 heavy (non-hydrogen) atoms. The van der Waals surface area contributed by atoms with Crippen LogP contribution in [0.4, 0.5) is 11.6 Å². The van der Waals surface area contributed by atoms with Gasteiger partial charge in [0.15, 0.2) is 11.4 Å². The molecule has 9 heteroatoms. The minimum Gasteiger partial charge on any atom is -0.479 e. The highest BCUT2D eigenvalue weighted by atomic mass is 16.5. The van der Waals surface area contributed by atoms with Gasteiger partial charge in [-0.3, -0.25) is 5.10 Å². The predicted octanol–water partition coefficient (Wildman–Crippen LogP) is 2.85. The Morgan fingerprint density at radius 2 is 1.96 bits per heavy atom. The van der Waals surface area contributed by atoms with Gasteiger partial charge in [0.25, 0.3) is 0 Å². The molecule has 6 N–H and O–H groups in total. The molecule has 0 amide bonds. The molecule has 3 rings (SSSR count). The van der Waals surface area contributed by atoms with Crippen LogP contribution in [0.25, 0.3) is 0 Å². The van der Waals surface area contributed by atoms with Crippen molar-refractivity contribution < 1.29 is 14.6 Å². The number of aromatic amines is 1. The van der Waals surface area contributed by atoms with Crippen LogP contribution in [0.3, 0.4) is 0 Å². The summed E-state index contributed by atoms with van der Waals surface area (Å²) in [4.78, 5) is 20.7. The fraction of sp³-hybridized carbons (Fsp3) is 0.529. The lowest BCUT2D eigenvalue weighted by atomic mass is 9.78. The summed E-state index contributed by atoms with van der Waals surface area (Å²) in [5, 5.41) is 19.6. The maximum Gasteiger partial charge on any atom is 0.335 e. The number of hydrogen-bond donors (Lipinski definition) is 4. The standard InChI is InChI=1S/C17H23N5O3.H3N/c1-10-8-13(19-14-9-11(2)21-22-14)20-15(18-10)12-4-6-17(25-3,7-5-12)16(23)24;/h8-9,12H,4-7H2,1-3H3,(H,23,24)(H2,18,19,20,21,22);1H3. The topological polar surface area (TPSA) is 148 Å². The number of carboxylic acid groups (broad SMARTS) is 1. The molecule has 142 valence electrons. The number of aliphatic carboxylic acids is 1. The second kappa shape index (κ2) is 7.79. The van der Waals surface area contributed by atoms with Crippen molar-refractivity contribution >= 4 is 17.6 Å². The Hall–Kier alpha value is -2.52. The van der Waals surface area contributed by atoms with Gasteiger partial charge in [-0.1, -0.05) is 0 Å². The third kappa shape index (κ3) is 4.00. The third-order valence-corrected chi connectivity index (χ3v) is 4.77. The Morgan fingerprint density at radius 3 is 2.50 bits per heavy atom. The molecule has 0 unspecified atom stereocenters. The van der Waals surface area contributed by atoms with E-state index >= 15 is 0 Å². The quantitative estimate of drug-likeness (QED) is 0.634. The summed E-state index contributed by atoms with van der Waals surface area (Å²) < 4.78 is 5.29. The van der Waals surface area contributed by atoms with Crippen molar-refractivity contribution in [2.75, 3.05) is 12.4 Å². The summed E-state index contributed by atoms with van der Waals surface area (Å²) >= 11 is 0. The number of aromatic nitrogens is 4. The van der Waals surface area contributed by atoms with Crippen LogP contribution < -0.4 is 11.5 Å². The van der Waals surface area contributed by atoms with E-state index < -0.39 is 11.6 Å². The van der Waals surface area contributed by atoms with Gasteiger partial charge in [0.1, 0.15) is 11.6 Å². The first kappa shape index (κ1) is 19.8. The third-order valence-electron chi connectivity index (χ3n) is 4.77. The number of hydrogen-bond acceptors (Lipinski definition) is 7. The molecule has 0 aromatic carbocycles. The van der Waals surface area contributed by atoms with Crippen molar-refractivity contribution in [3.05, 3.63) is 29.3 Å². The summed E-state index contributed by atoms with van der Waals surface area (Å²) in [5.41, 5.74) is 0.750. The first-order valence-corrected chi connectivity index (χ1v) is 8.35. The van der Waals surface area contributed by atoms with Gasteiger partial charge in [-0.15, -0.1) is 0 Å². The second-order valence-corrected chi connectivity index (χ2v) is 6.59. The summed E-state index contributed by atoms with van der Waals surface area (Å²) in [5.74, 6) is 1.37. The zero-order valence-corrected chi connectivity index (χ0v) is 15.4. The van der Waals surface area contributed by atoms with Gasteiger partial charge in [-0.05, 0) is 39.5 Å². The molecule has 0 saturated heterocycles. The molecule has 2 aromatic rings. The zero-order valence-electron chi connectivity index (χ0n) is 15.4. The molecule has 2 heterocycles. The molecule has 0 radical (unpaired) electrons. The van der Waals surface area contributed by atoms with Gasteiger partial charge in [0.2, 0.25) is 0 Å². The van der Waals surface area contributed by atoms with Gasteiger partial charge < -0.3 is 21.3 Å². The lowest BCUT2D eigenvalue weighted by Gasteiger charge is -2.35. The first-order chi connectivity index (χ1) is 11.9. The number of anilines is 2. The molecule has 0 bridgehead atoms. The highest BCUT2D eigenvalue weighted by molar-refractivity contribution is 5.77. The smallest absolute Gasteiger partial charge is 0.335 e. The van der Waals surface area contributed by atoms with Crippen LogP contribution in [-0.4, -0.2) is 44.0 Å². The van der Waals surface area contributed by atoms with Gasteiger partial charge in [-0.2, -0.15) is 5.10 Å². The maximum absolute atomic E-state index is 11.5. The number of nitrogens with zero attached hydrogens (tertiary/aromatic N) is 3. The number of aryl methyl sites for hydroxylation is 2. The average molecular weight is 362 g/mol. The Balaban J connectivity index is 0.00000243. The summed E-state index contributed by atoms with van der Waals surface area (Å²) in [6.45, 7) is 3.85. The Morgan fingerprint density at radius 1 is 1.27 bits per heavy atom. The van der Waals surface area contributed by atoms with Crippen molar-refractivity contribution in [2.24, 2.45) is 0 Å². The lowest BCUT2D eigenvalue weighted by Crippen LogP contribution is -2.43. The van der Waals surface area contributed by atoms with E-state index in [1.165, 1.54) is 7.11 Å². The number of ether oxygens (including phenoxy) is 1. The summed E-state index contributed by atoms with van der Waals surface area (Å²) in [7, 11) is 1.46. The van der Waals surface area contributed by atoms with Crippen molar-refractivity contribution in [3.63, 3.8) is 0 Å². The van der Waals surface area contributed by atoms with Crippen molar-refractivity contribution in [1.82, 2.24) is 26.3 Å². The van der Waals surface area contributed by atoms with Crippen molar-refractivity contribution in [3.8, 4) is 0 Å². The van der Waals surface area contributed by atoms with E-state index in [2.05, 4.69) is 25.5 Å². The highest BCUT2D eigenvalue weighted by Crippen LogP contribution is 2.39. The number of nitrogens with one attached hydrogen (secondary N) is 2. The molecule has 1 aliphatic rings. The number of carbonyl (C=O) groups is 1. The van der Waals surface area contributed by atoms with Gasteiger partial charge in [0, 0.05) is 36.5 Å². The average Bonchev–Trinajstić information content (AvgIpc) is 2.99. The number of rotatable bonds is 5. The molecule has 0 aliphatic heterocycles. The molecule has 9 nitrogen and oxygen atoms in total. The minimum atomic E-state index is -1.08. The van der Waals surface area contributed by atoms with Crippen molar-refractivity contribution in [2.45, 2.75) is 51.0 Å². The van der Waals surface area contributed by atoms with E-state index in [1.54, 1.807) is 0 Å². The number of H-pyrrole nitrogens is 1. The molecule has 0 atom stereocenters. The van der Waals surface area contributed by atoms with Gasteiger partial charge in [-0.25, -0.2) is 14.8 Å². The van der Waals surface area contributed by atoms with E-state index in [-0.39, 0.29) is 12.1 Å². The van der Waals surface area contributed by atoms with Crippen molar-refractivity contribution in [1.29, 1.82) is 0 Å².